The molecule has 1 N–H and O–H groups in total. The van der Waals surface area contributed by atoms with Crippen LogP contribution in [0.3, 0.4) is 0 Å². The number of rotatable bonds is 5. The van der Waals surface area contributed by atoms with Gasteiger partial charge >= 0.3 is 0 Å². The molecule has 1 heterocycles. The number of hydrogen-bond donors (Lipinski definition) is 1. The van der Waals surface area contributed by atoms with Crippen LogP contribution in [0.2, 0.25) is 0 Å². The fourth-order valence-corrected chi connectivity index (χ4v) is 1.86. The molecular weight excluding hydrogens is 218 g/mol. The lowest BCUT2D eigenvalue weighted by atomic mass is 10.1. The lowest BCUT2D eigenvalue weighted by Crippen LogP contribution is -2.36. The van der Waals surface area contributed by atoms with E-state index < -0.39 is 0 Å². The van der Waals surface area contributed by atoms with Crippen molar-refractivity contribution in [2.75, 3.05) is 20.6 Å². The predicted molar refractivity (Wildman–Crippen MR) is 71.5 cm³/mol. The minimum atomic E-state index is 0.0103. The molecule has 1 unspecified atom stereocenters. The van der Waals surface area contributed by atoms with Crippen LogP contribution in [0, 0.1) is 0 Å². The van der Waals surface area contributed by atoms with E-state index in [0.29, 0.717) is 6.54 Å². The molecule has 0 aromatic carbocycles. The summed E-state index contributed by atoms with van der Waals surface area (Å²) in [5.74, 6) is 0. The fourth-order valence-electron chi connectivity index (χ4n) is 1.44. The average Bonchev–Trinajstić information content (AvgIpc) is 2.27. The SMILES string of the molecule is C=CCNC(=S)C(c1ccccn1)N(C)C. The molecule has 16 heavy (non-hydrogen) atoms. The van der Waals surface area contributed by atoms with E-state index in [0.717, 1.165) is 10.7 Å². The van der Waals surface area contributed by atoms with Crippen molar-refractivity contribution >= 4 is 17.2 Å². The Kier molecular flexibility index (Phi) is 5.08. The van der Waals surface area contributed by atoms with Gasteiger partial charge in [-0.3, -0.25) is 9.88 Å². The molecule has 4 heteroatoms. The second-order valence-corrected chi connectivity index (χ2v) is 4.09. The van der Waals surface area contributed by atoms with Crippen molar-refractivity contribution in [2.24, 2.45) is 0 Å². The standard InChI is InChI=1S/C12H17N3S/c1-4-8-14-12(16)11(15(2)3)10-7-5-6-9-13-10/h4-7,9,11H,1,8H2,2-3H3,(H,14,16). The number of hydrogen-bond acceptors (Lipinski definition) is 3. The summed E-state index contributed by atoms with van der Waals surface area (Å²) in [6.45, 7) is 4.33. The van der Waals surface area contributed by atoms with Crippen molar-refractivity contribution in [3.8, 4) is 0 Å². The Hall–Kier alpha value is -1.26. The predicted octanol–water partition coefficient (Wildman–Crippen LogP) is 1.79. The van der Waals surface area contributed by atoms with Crippen LogP contribution >= 0.6 is 12.2 Å². The first kappa shape index (κ1) is 12.8. The first-order chi connectivity index (χ1) is 7.66. The highest BCUT2D eigenvalue weighted by Gasteiger charge is 2.19. The van der Waals surface area contributed by atoms with E-state index >= 15 is 0 Å². The van der Waals surface area contributed by atoms with Crippen LogP contribution < -0.4 is 5.32 Å². The Labute approximate surface area is 102 Å². The molecular formula is C12H17N3S. The Bertz CT molecular complexity index is 349. The Balaban J connectivity index is 2.83. The maximum absolute atomic E-state index is 5.36. The first-order valence-corrected chi connectivity index (χ1v) is 5.53. The van der Waals surface area contributed by atoms with Gasteiger partial charge in [0.25, 0.3) is 0 Å². The van der Waals surface area contributed by atoms with Crippen LogP contribution in [-0.4, -0.2) is 35.5 Å². The smallest absolute Gasteiger partial charge is 0.103 e. The van der Waals surface area contributed by atoms with Crippen molar-refractivity contribution in [3.05, 3.63) is 42.7 Å². The van der Waals surface area contributed by atoms with E-state index in [9.17, 15) is 0 Å². The lowest BCUT2D eigenvalue weighted by Gasteiger charge is -2.24. The second-order valence-electron chi connectivity index (χ2n) is 3.65. The molecule has 1 atom stereocenters. The van der Waals surface area contributed by atoms with Gasteiger partial charge in [-0.2, -0.15) is 0 Å². The van der Waals surface area contributed by atoms with Crippen LogP contribution in [-0.2, 0) is 0 Å². The molecule has 86 valence electrons. The van der Waals surface area contributed by atoms with Crippen molar-refractivity contribution < 1.29 is 0 Å². The van der Waals surface area contributed by atoms with Gasteiger partial charge < -0.3 is 5.32 Å². The summed E-state index contributed by atoms with van der Waals surface area (Å²) in [7, 11) is 3.97. The zero-order valence-corrected chi connectivity index (χ0v) is 10.5. The molecule has 0 radical (unpaired) electrons. The molecule has 0 aliphatic heterocycles. The molecule has 0 bridgehead atoms. The maximum atomic E-state index is 5.36. The van der Waals surface area contributed by atoms with Crippen LogP contribution in [0.5, 0.6) is 0 Å². The van der Waals surface area contributed by atoms with Gasteiger partial charge in [-0.1, -0.05) is 24.4 Å². The number of aromatic nitrogens is 1. The van der Waals surface area contributed by atoms with Gasteiger partial charge in [-0.15, -0.1) is 6.58 Å². The third-order valence-corrected chi connectivity index (χ3v) is 2.52. The Morgan fingerprint density at radius 2 is 2.38 bits per heavy atom. The van der Waals surface area contributed by atoms with Gasteiger partial charge in [-0.25, -0.2) is 0 Å². The quantitative estimate of drug-likeness (QED) is 0.622. The molecule has 0 amide bonds. The normalized spacial score (nSPS) is 12.2. The van der Waals surface area contributed by atoms with Crippen LogP contribution in [0.1, 0.15) is 11.7 Å². The van der Waals surface area contributed by atoms with Gasteiger partial charge in [0, 0.05) is 12.7 Å². The lowest BCUT2D eigenvalue weighted by molar-refractivity contribution is 0.362. The molecule has 1 aromatic heterocycles. The Morgan fingerprint density at radius 3 is 2.88 bits per heavy atom. The highest BCUT2D eigenvalue weighted by molar-refractivity contribution is 7.80. The molecule has 1 rings (SSSR count). The van der Waals surface area contributed by atoms with Crippen LogP contribution in [0.15, 0.2) is 37.1 Å². The van der Waals surface area contributed by atoms with Gasteiger partial charge in [0.05, 0.1) is 10.7 Å². The monoisotopic (exact) mass is 235 g/mol. The maximum Gasteiger partial charge on any atom is 0.103 e. The van der Waals surface area contributed by atoms with E-state index in [2.05, 4.69) is 16.9 Å². The first-order valence-electron chi connectivity index (χ1n) is 5.12. The number of nitrogens with zero attached hydrogens (tertiary/aromatic N) is 2. The molecule has 0 saturated heterocycles. The number of pyridine rings is 1. The largest absolute Gasteiger partial charge is 0.375 e. The average molecular weight is 235 g/mol. The number of nitrogens with one attached hydrogen (secondary N) is 1. The summed E-state index contributed by atoms with van der Waals surface area (Å²) < 4.78 is 0. The van der Waals surface area contributed by atoms with E-state index in [-0.39, 0.29) is 6.04 Å². The Morgan fingerprint density at radius 1 is 1.62 bits per heavy atom. The summed E-state index contributed by atoms with van der Waals surface area (Å²) in [4.78, 5) is 7.14. The van der Waals surface area contributed by atoms with Crippen molar-refractivity contribution in [1.82, 2.24) is 15.2 Å². The summed E-state index contributed by atoms with van der Waals surface area (Å²) in [6, 6.07) is 5.86. The molecule has 0 fully saturated rings. The zero-order valence-electron chi connectivity index (χ0n) is 9.68. The van der Waals surface area contributed by atoms with Crippen molar-refractivity contribution in [1.29, 1.82) is 0 Å². The summed E-state index contributed by atoms with van der Waals surface area (Å²) in [6.07, 6.45) is 3.57. The van der Waals surface area contributed by atoms with Gasteiger partial charge in [-0.05, 0) is 26.2 Å². The van der Waals surface area contributed by atoms with Crippen molar-refractivity contribution in [3.63, 3.8) is 0 Å². The third-order valence-electron chi connectivity index (χ3n) is 2.15. The minimum absolute atomic E-state index is 0.0103. The molecule has 3 nitrogen and oxygen atoms in total. The second kappa shape index (κ2) is 6.35. The minimum Gasteiger partial charge on any atom is -0.375 e. The third kappa shape index (κ3) is 3.40. The van der Waals surface area contributed by atoms with Gasteiger partial charge in [0.15, 0.2) is 0 Å². The molecule has 0 spiro atoms. The number of thiocarbonyl (C=S) groups is 1. The summed E-state index contributed by atoms with van der Waals surface area (Å²) in [5.41, 5.74) is 0.953. The molecule has 0 aliphatic rings. The fraction of sp³-hybridized carbons (Fsp3) is 0.333. The zero-order chi connectivity index (χ0) is 12.0. The summed E-state index contributed by atoms with van der Waals surface area (Å²) >= 11 is 5.36. The highest BCUT2D eigenvalue weighted by atomic mass is 32.1. The van der Waals surface area contributed by atoms with Crippen molar-refractivity contribution in [2.45, 2.75) is 6.04 Å². The van der Waals surface area contributed by atoms with Crippen LogP contribution in [0.25, 0.3) is 0 Å². The van der Waals surface area contributed by atoms with Gasteiger partial charge in [0.2, 0.25) is 0 Å². The topological polar surface area (TPSA) is 28.2 Å². The molecule has 1 aromatic rings. The molecule has 0 aliphatic carbocycles. The number of likely N-dealkylation sites (N-methyl/N-ethyl adjacent to an activating group) is 1. The van der Waals surface area contributed by atoms with E-state index in [1.54, 1.807) is 12.3 Å². The highest BCUT2D eigenvalue weighted by Crippen LogP contribution is 2.16. The van der Waals surface area contributed by atoms with E-state index in [1.165, 1.54) is 0 Å². The molecule has 0 saturated carbocycles. The van der Waals surface area contributed by atoms with E-state index in [1.807, 2.05) is 37.2 Å². The van der Waals surface area contributed by atoms with Crippen LogP contribution in [0.4, 0.5) is 0 Å². The summed E-state index contributed by atoms with van der Waals surface area (Å²) in [5, 5.41) is 3.14. The van der Waals surface area contributed by atoms with Gasteiger partial charge in [0.1, 0.15) is 6.04 Å². The van der Waals surface area contributed by atoms with E-state index in [4.69, 9.17) is 12.2 Å².